The van der Waals surface area contributed by atoms with Crippen molar-refractivity contribution in [2.75, 3.05) is 0 Å². The third-order valence-corrected chi connectivity index (χ3v) is 10.2. The van der Waals surface area contributed by atoms with Gasteiger partial charge in [0.2, 0.25) is 0 Å². The zero-order valence-electron chi connectivity index (χ0n) is 20.5. The third-order valence-electron chi connectivity index (χ3n) is 7.16. The van der Waals surface area contributed by atoms with E-state index in [4.69, 9.17) is 9.97 Å². The predicted octanol–water partition coefficient (Wildman–Crippen LogP) is 7.24. The van der Waals surface area contributed by atoms with Gasteiger partial charge in [0, 0.05) is 38.3 Å². The van der Waals surface area contributed by atoms with Crippen LogP contribution in [0.1, 0.15) is 0 Å². The molecule has 0 aliphatic rings. The monoisotopic (exact) mass is 506 g/mol. The van der Waals surface area contributed by atoms with Gasteiger partial charge in [-0.1, -0.05) is 109 Å². The van der Waals surface area contributed by atoms with Gasteiger partial charge in [-0.15, -0.1) is 0 Å². The van der Waals surface area contributed by atoms with Gasteiger partial charge in [-0.05, 0) is 35.4 Å². The van der Waals surface area contributed by atoms with Gasteiger partial charge in [-0.3, -0.25) is 4.98 Å². The molecule has 0 aliphatic heterocycles. The van der Waals surface area contributed by atoms with Gasteiger partial charge in [0.1, 0.15) is 0 Å². The zero-order chi connectivity index (χ0) is 25.5. The van der Waals surface area contributed by atoms with Crippen molar-refractivity contribution in [3.8, 4) is 11.1 Å². The molecule has 4 heteroatoms. The van der Waals surface area contributed by atoms with Crippen LogP contribution in [0.3, 0.4) is 0 Å². The van der Waals surface area contributed by atoms with Crippen LogP contribution >= 0.6 is 7.14 Å². The molecule has 0 radical (unpaired) electrons. The lowest BCUT2D eigenvalue weighted by molar-refractivity contribution is 0.592. The molecule has 7 rings (SSSR count). The number of benzene rings is 5. The summed E-state index contributed by atoms with van der Waals surface area (Å²) >= 11 is 0. The fraction of sp³-hybridized carbons (Fsp3) is 0. The number of fused-ring (bicyclic) bond motifs is 4. The van der Waals surface area contributed by atoms with Crippen molar-refractivity contribution in [1.82, 2.24) is 9.97 Å². The Hall–Kier alpha value is -4.59. The van der Waals surface area contributed by atoms with Crippen LogP contribution in [0, 0.1) is 0 Å². The SMILES string of the molecule is O=P(c1ccccc1)(c1ccccc1)c1ccc(-c2cc3cc4ccccc4nc3c3ncccc23)cc1. The fourth-order valence-electron chi connectivity index (χ4n) is 5.29. The Morgan fingerprint density at radius 1 is 0.526 bits per heavy atom. The van der Waals surface area contributed by atoms with Crippen LogP contribution < -0.4 is 15.9 Å². The highest BCUT2D eigenvalue weighted by Crippen LogP contribution is 2.43. The molecule has 0 bridgehead atoms. The topological polar surface area (TPSA) is 42.9 Å². The minimum Gasteiger partial charge on any atom is -0.309 e. The maximum Gasteiger partial charge on any atom is 0.171 e. The summed E-state index contributed by atoms with van der Waals surface area (Å²) in [5, 5.41) is 5.67. The molecule has 0 amide bonds. The van der Waals surface area contributed by atoms with Crippen molar-refractivity contribution in [1.29, 1.82) is 0 Å². The summed E-state index contributed by atoms with van der Waals surface area (Å²) in [5.74, 6) is 0. The summed E-state index contributed by atoms with van der Waals surface area (Å²) < 4.78 is 14.8. The van der Waals surface area contributed by atoms with Crippen molar-refractivity contribution in [2.24, 2.45) is 0 Å². The van der Waals surface area contributed by atoms with E-state index < -0.39 is 7.14 Å². The van der Waals surface area contributed by atoms with E-state index in [-0.39, 0.29) is 0 Å². The van der Waals surface area contributed by atoms with E-state index in [1.807, 2.05) is 103 Å². The summed E-state index contributed by atoms with van der Waals surface area (Å²) in [4.78, 5) is 9.69. The lowest BCUT2D eigenvalue weighted by atomic mass is 9.97. The number of hydrogen-bond donors (Lipinski definition) is 0. The maximum atomic E-state index is 14.8. The summed E-state index contributed by atoms with van der Waals surface area (Å²) in [7, 11) is -3.02. The van der Waals surface area contributed by atoms with Crippen molar-refractivity contribution < 1.29 is 4.57 Å². The fourth-order valence-corrected chi connectivity index (χ4v) is 7.94. The molecule has 38 heavy (non-hydrogen) atoms. The summed E-state index contributed by atoms with van der Waals surface area (Å²) in [6, 6.07) is 44.3. The van der Waals surface area contributed by atoms with Gasteiger partial charge in [0.25, 0.3) is 0 Å². The number of nitrogens with zero attached hydrogens (tertiary/aromatic N) is 2. The largest absolute Gasteiger partial charge is 0.309 e. The first-order valence-electron chi connectivity index (χ1n) is 12.6. The molecule has 0 fully saturated rings. The first-order valence-corrected chi connectivity index (χ1v) is 14.3. The van der Waals surface area contributed by atoms with Crippen molar-refractivity contribution in [3.05, 3.63) is 140 Å². The molecule has 5 aromatic carbocycles. The molecule has 7 aromatic rings. The van der Waals surface area contributed by atoms with Crippen molar-refractivity contribution >= 4 is 55.8 Å². The first kappa shape index (κ1) is 22.6. The second kappa shape index (κ2) is 9.06. The van der Waals surface area contributed by atoms with E-state index in [1.165, 1.54) is 0 Å². The molecule has 0 saturated heterocycles. The number of aromatic nitrogens is 2. The van der Waals surface area contributed by atoms with E-state index in [1.54, 1.807) is 0 Å². The van der Waals surface area contributed by atoms with Crippen molar-refractivity contribution in [3.63, 3.8) is 0 Å². The number of pyridine rings is 2. The Morgan fingerprint density at radius 2 is 1.16 bits per heavy atom. The molecule has 180 valence electrons. The molecule has 0 unspecified atom stereocenters. The third kappa shape index (κ3) is 3.63. The number of hydrogen-bond acceptors (Lipinski definition) is 3. The quantitative estimate of drug-likeness (QED) is 0.144. The van der Waals surface area contributed by atoms with Crippen LogP contribution in [-0.2, 0) is 4.57 Å². The van der Waals surface area contributed by atoms with Gasteiger partial charge in [-0.2, -0.15) is 0 Å². The standard InChI is InChI=1S/C34H23N2OP/c37-38(27-11-3-1-4-12-27,28-13-5-2-6-14-28)29-19-17-24(18-20-29)31-23-26-22-25-10-7-8-16-32(25)36-33(26)34-30(31)15-9-21-35-34/h1-23H. The molecule has 0 aliphatic carbocycles. The van der Waals surface area contributed by atoms with E-state index in [2.05, 4.69) is 36.4 Å². The smallest absolute Gasteiger partial charge is 0.171 e. The molecule has 0 saturated carbocycles. The molecule has 2 aromatic heterocycles. The Balaban J connectivity index is 1.42. The Morgan fingerprint density at radius 3 is 1.87 bits per heavy atom. The van der Waals surface area contributed by atoms with E-state index >= 15 is 0 Å². The lowest BCUT2D eigenvalue weighted by Crippen LogP contribution is -2.24. The second-order valence-electron chi connectivity index (χ2n) is 9.40. The molecule has 3 nitrogen and oxygen atoms in total. The van der Waals surface area contributed by atoms with Gasteiger partial charge in [0.05, 0.1) is 16.6 Å². The minimum absolute atomic E-state index is 0.814. The van der Waals surface area contributed by atoms with Gasteiger partial charge in [-0.25, -0.2) is 4.98 Å². The van der Waals surface area contributed by atoms with E-state index in [9.17, 15) is 4.57 Å². The van der Waals surface area contributed by atoms with Crippen LogP contribution in [0.25, 0.3) is 43.8 Å². The average Bonchev–Trinajstić information content (AvgIpc) is 3.00. The van der Waals surface area contributed by atoms with Gasteiger partial charge < -0.3 is 4.57 Å². The molecular formula is C34H23N2OP. The zero-order valence-corrected chi connectivity index (χ0v) is 21.4. The highest BCUT2D eigenvalue weighted by Gasteiger charge is 2.29. The maximum absolute atomic E-state index is 14.8. The van der Waals surface area contributed by atoms with Gasteiger partial charge >= 0.3 is 0 Å². The van der Waals surface area contributed by atoms with Crippen LogP contribution in [-0.4, -0.2) is 9.97 Å². The molecule has 0 spiro atoms. The van der Waals surface area contributed by atoms with Crippen molar-refractivity contribution in [2.45, 2.75) is 0 Å². The highest BCUT2D eigenvalue weighted by molar-refractivity contribution is 7.85. The Kier molecular flexibility index (Phi) is 5.39. The summed E-state index contributed by atoms with van der Waals surface area (Å²) in [5.41, 5.74) is 4.88. The highest BCUT2D eigenvalue weighted by atomic mass is 31.2. The lowest BCUT2D eigenvalue weighted by Gasteiger charge is -2.20. The first-order chi connectivity index (χ1) is 18.7. The number of rotatable bonds is 4. The normalized spacial score (nSPS) is 11.8. The van der Waals surface area contributed by atoms with Crippen LogP contribution in [0.4, 0.5) is 0 Å². The summed E-state index contributed by atoms with van der Waals surface area (Å²) in [6.45, 7) is 0. The van der Waals surface area contributed by atoms with Gasteiger partial charge in [0.15, 0.2) is 7.14 Å². The summed E-state index contributed by atoms with van der Waals surface area (Å²) in [6.07, 6.45) is 1.82. The molecule has 2 heterocycles. The predicted molar refractivity (Wildman–Crippen MR) is 159 cm³/mol. The van der Waals surface area contributed by atoms with Crippen LogP contribution in [0.5, 0.6) is 0 Å². The van der Waals surface area contributed by atoms with Crippen LogP contribution in [0.2, 0.25) is 0 Å². The molecule has 0 atom stereocenters. The Labute approximate surface area is 220 Å². The average molecular weight is 507 g/mol. The second-order valence-corrected chi connectivity index (χ2v) is 12.2. The minimum atomic E-state index is -3.02. The number of para-hydroxylation sites is 1. The van der Waals surface area contributed by atoms with Crippen LogP contribution in [0.15, 0.2) is 140 Å². The molecule has 0 N–H and O–H groups in total. The Bertz CT molecular complexity index is 1940. The van der Waals surface area contributed by atoms with E-state index in [0.717, 1.165) is 59.7 Å². The van der Waals surface area contributed by atoms with E-state index in [0.29, 0.717) is 0 Å². The molecular weight excluding hydrogens is 483 g/mol.